The van der Waals surface area contributed by atoms with E-state index in [0.29, 0.717) is 18.7 Å². The summed E-state index contributed by atoms with van der Waals surface area (Å²) in [5, 5.41) is 5.83. The number of amides is 1. The molecule has 3 nitrogen and oxygen atoms in total. The molecule has 21 heavy (non-hydrogen) atoms. The van der Waals surface area contributed by atoms with Crippen LogP contribution >= 0.6 is 11.8 Å². The first-order valence-electron chi connectivity index (χ1n) is 6.46. The SMILES string of the molecule is CC(C)(C)NCCC(=O)Nc1ccc(SC(F)(F)F)cc1. The molecular formula is C14H19F3N2OS. The van der Waals surface area contributed by atoms with E-state index in [0.717, 1.165) is 0 Å². The highest BCUT2D eigenvalue weighted by atomic mass is 32.2. The Labute approximate surface area is 126 Å². The Morgan fingerprint density at radius 3 is 2.19 bits per heavy atom. The van der Waals surface area contributed by atoms with Gasteiger partial charge >= 0.3 is 5.51 Å². The zero-order chi connectivity index (χ0) is 16.1. The zero-order valence-corrected chi connectivity index (χ0v) is 13.0. The largest absolute Gasteiger partial charge is 0.446 e. The lowest BCUT2D eigenvalue weighted by Gasteiger charge is -2.20. The van der Waals surface area contributed by atoms with Crippen molar-refractivity contribution >= 4 is 23.4 Å². The summed E-state index contributed by atoms with van der Waals surface area (Å²) in [7, 11) is 0. The first kappa shape index (κ1) is 17.8. The number of hydrogen-bond donors (Lipinski definition) is 2. The van der Waals surface area contributed by atoms with E-state index in [4.69, 9.17) is 0 Å². The molecule has 7 heteroatoms. The van der Waals surface area contributed by atoms with Gasteiger partial charge in [-0.15, -0.1) is 0 Å². The molecule has 0 atom stereocenters. The van der Waals surface area contributed by atoms with Crippen molar-refractivity contribution in [1.29, 1.82) is 0 Å². The third-order valence-corrected chi connectivity index (χ3v) is 3.12. The van der Waals surface area contributed by atoms with Crippen molar-refractivity contribution in [2.24, 2.45) is 0 Å². The molecule has 1 aromatic rings. The summed E-state index contributed by atoms with van der Waals surface area (Å²) in [5.41, 5.74) is -3.87. The van der Waals surface area contributed by atoms with Crippen LogP contribution in [-0.4, -0.2) is 23.5 Å². The molecule has 0 saturated carbocycles. The van der Waals surface area contributed by atoms with Gasteiger partial charge in [0, 0.05) is 29.1 Å². The maximum Gasteiger partial charge on any atom is 0.446 e. The number of alkyl halides is 3. The smallest absolute Gasteiger partial charge is 0.326 e. The fourth-order valence-electron chi connectivity index (χ4n) is 1.51. The van der Waals surface area contributed by atoms with E-state index >= 15 is 0 Å². The molecule has 0 aliphatic carbocycles. The van der Waals surface area contributed by atoms with Gasteiger partial charge in [-0.3, -0.25) is 4.79 Å². The van der Waals surface area contributed by atoms with Crippen molar-refractivity contribution < 1.29 is 18.0 Å². The summed E-state index contributed by atoms with van der Waals surface area (Å²) in [6.45, 7) is 6.54. The van der Waals surface area contributed by atoms with E-state index in [1.54, 1.807) is 0 Å². The predicted octanol–water partition coefficient (Wildman–Crippen LogP) is 4.02. The molecule has 0 heterocycles. The van der Waals surface area contributed by atoms with Gasteiger partial charge in [0.15, 0.2) is 0 Å². The quantitative estimate of drug-likeness (QED) is 0.805. The number of carbonyl (C=O) groups is 1. The van der Waals surface area contributed by atoms with Gasteiger partial charge in [0.05, 0.1) is 0 Å². The van der Waals surface area contributed by atoms with Crippen molar-refractivity contribution in [3.63, 3.8) is 0 Å². The fourth-order valence-corrected chi connectivity index (χ4v) is 2.05. The minimum absolute atomic E-state index is 0.0588. The topological polar surface area (TPSA) is 41.1 Å². The van der Waals surface area contributed by atoms with Crippen LogP contribution in [0.4, 0.5) is 18.9 Å². The monoisotopic (exact) mass is 320 g/mol. The van der Waals surface area contributed by atoms with Gasteiger partial charge in [0.2, 0.25) is 5.91 Å². The Morgan fingerprint density at radius 1 is 1.14 bits per heavy atom. The summed E-state index contributed by atoms with van der Waals surface area (Å²) in [4.78, 5) is 11.8. The summed E-state index contributed by atoms with van der Waals surface area (Å²) in [5.74, 6) is -0.178. The maximum atomic E-state index is 12.2. The Bertz CT molecular complexity index is 467. The van der Waals surface area contributed by atoms with Crippen LogP contribution in [0.5, 0.6) is 0 Å². The van der Waals surface area contributed by atoms with Crippen molar-refractivity contribution in [2.75, 3.05) is 11.9 Å². The van der Waals surface area contributed by atoms with E-state index in [-0.39, 0.29) is 28.1 Å². The predicted molar refractivity (Wildman–Crippen MR) is 79.4 cm³/mol. The van der Waals surface area contributed by atoms with Crippen molar-refractivity contribution in [3.05, 3.63) is 24.3 Å². The normalized spacial score (nSPS) is 12.3. The lowest BCUT2D eigenvalue weighted by molar-refractivity contribution is -0.116. The maximum absolute atomic E-state index is 12.2. The number of carbonyl (C=O) groups excluding carboxylic acids is 1. The van der Waals surface area contributed by atoms with E-state index in [1.165, 1.54) is 24.3 Å². The van der Waals surface area contributed by atoms with Crippen LogP contribution in [0.15, 0.2) is 29.2 Å². The first-order chi connectivity index (χ1) is 9.55. The molecular weight excluding hydrogens is 301 g/mol. The first-order valence-corrected chi connectivity index (χ1v) is 7.27. The Hall–Kier alpha value is -1.21. The number of benzene rings is 1. The van der Waals surface area contributed by atoms with Gasteiger partial charge in [-0.05, 0) is 56.8 Å². The summed E-state index contributed by atoms with van der Waals surface area (Å²) in [6, 6.07) is 5.59. The minimum Gasteiger partial charge on any atom is -0.326 e. The average Bonchev–Trinajstić information content (AvgIpc) is 2.28. The highest BCUT2D eigenvalue weighted by Crippen LogP contribution is 2.36. The second kappa shape index (κ2) is 7.17. The van der Waals surface area contributed by atoms with E-state index in [9.17, 15) is 18.0 Å². The lowest BCUT2D eigenvalue weighted by Crippen LogP contribution is -2.37. The van der Waals surface area contributed by atoms with Crippen LogP contribution in [-0.2, 0) is 4.79 Å². The second-order valence-electron chi connectivity index (χ2n) is 5.55. The highest BCUT2D eigenvalue weighted by Gasteiger charge is 2.29. The molecule has 0 aromatic heterocycles. The van der Waals surface area contributed by atoms with Crippen molar-refractivity contribution in [3.8, 4) is 0 Å². The van der Waals surface area contributed by atoms with E-state index in [2.05, 4.69) is 10.6 Å². The number of rotatable bonds is 5. The fraction of sp³-hybridized carbons (Fsp3) is 0.500. The molecule has 0 radical (unpaired) electrons. The van der Waals surface area contributed by atoms with E-state index < -0.39 is 5.51 Å². The molecule has 0 unspecified atom stereocenters. The molecule has 0 fully saturated rings. The molecule has 1 aromatic carbocycles. The Balaban J connectivity index is 2.43. The number of halogens is 3. The summed E-state index contributed by atoms with van der Waals surface area (Å²) < 4.78 is 36.5. The number of thioether (sulfide) groups is 1. The minimum atomic E-state index is -4.30. The third kappa shape index (κ3) is 8.62. The zero-order valence-electron chi connectivity index (χ0n) is 12.2. The van der Waals surface area contributed by atoms with Crippen LogP contribution in [0.1, 0.15) is 27.2 Å². The van der Waals surface area contributed by atoms with Crippen LogP contribution in [0.3, 0.4) is 0 Å². The molecule has 1 amide bonds. The molecule has 2 N–H and O–H groups in total. The van der Waals surface area contributed by atoms with Gasteiger partial charge in [0.1, 0.15) is 0 Å². The van der Waals surface area contributed by atoms with Crippen LogP contribution in [0, 0.1) is 0 Å². The van der Waals surface area contributed by atoms with Gasteiger partial charge < -0.3 is 10.6 Å². The van der Waals surface area contributed by atoms with E-state index in [1.807, 2.05) is 20.8 Å². The molecule has 0 saturated heterocycles. The van der Waals surface area contributed by atoms with Crippen LogP contribution in [0.25, 0.3) is 0 Å². The van der Waals surface area contributed by atoms with Gasteiger partial charge in [0.25, 0.3) is 0 Å². The summed E-state index contributed by atoms with van der Waals surface area (Å²) in [6.07, 6.45) is 0.302. The lowest BCUT2D eigenvalue weighted by atomic mass is 10.1. The summed E-state index contributed by atoms with van der Waals surface area (Å²) >= 11 is -0.178. The molecule has 0 spiro atoms. The average molecular weight is 320 g/mol. The number of anilines is 1. The van der Waals surface area contributed by atoms with Gasteiger partial charge in [-0.2, -0.15) is 13.2 Å². The van der Waals surface area contributed by atoms with Crippen molar-refractivity contribution in [1.82, 2.24) is 5.32 Å². The molecule has 0 aliphatic heterocycles. The second-order valence-corrected chi connectivity index (χ2v) is 6.69. The number of nitrogens with one attached hydrogen (secondary N) is 2. The van der Waals surface area contributed by atoms with Crippen LogP contribution < -0.4 is 10.6 Å². The molecule has 1 rings (SSSR count). The molecule has 0 bridgehead atoms. The Kier molecular flexibility index (Phi) is 6.10. The number of hydrogen-bond acceptors (Lipinski definition) is 3. The highest BCUT2D eigenvalue weighted by molar-refractivity contribution is 8.00. The Morgan fingerprint density at radius 2 is 1.71 bits per heavy atom. The van der Waals surface area contributed by atoms with Gasteiger partial charge in [-0.1, -0.05) is 0 Å². The molecule has 118 valence electrons. The van der Waals surface area contributed by atoms with Gasteiger partial charge in [-0.25, -0.2) is 0 Å². The standard InChI is InChI=1S/C14H19F3N2OS/c1-13(2,3)18-9-8-12(20)19-10-4-6-11(7-5-10)21-14(15,16)17/h4-7,18H,8-9H2,1-3H3,(H,19,20). The third-order valence-electron chi connectivity index (χ3n) is 2.38. The van der Waals surface area contributed by atoms with Crippen molar-refractivity contribution in [2.45, 2.75) is 43.1 Å². The molecule has 0 aliphatic rings. The van der Waals surface area contributed by atoms with Crippen LogP contribution in [0.2, 0.25) is 0 Å².